The minimum Gasteiger partial charge on any atom is -0.463 e. The largest absolute Gasteiger partial charge is 0.472 e. The third-order valence-electron chi connectivity index (χ3n) is 10.1. The van der Waals surface area contributed by atoms with Gasteiger partial charge in [0.15, 0.2) is 0 Å². The molecule has 1 unspecified atom stereocenters. The topological polar surface area (TPSA) is 91.3 Å². The minimum atomic E-state index is -4.26. The summed E-state index contributed by atoms with van der Waals surface area (Å²) >= 11 is 0. The van der Waals surface area contributed by atoms with E-state index in [4.69, 9.17) is 18.5 Å². The number of ether oxygens (including phenoxy) is 2. The fourth-order valence-corrected chi connectivity index (χ4v) is 7.01. The van der Waals surface area contributed by atoms with Crippen LogP contribution in [-0.4, -0.2) is 75.6 Å². The normalized spacial score (nSPS) is 14.2. The van der Waals surface area contributed by atoms with Crippen LogP contribution in [0.25, 0.3) is 0 Å². The number of phosphoric acid groups is 1. The number of nitrogens with zero attached hydrogens (tertiary/aromatic N) is 1. The molecule has 8 nitrogen and oxygen atoms in total. The van der Waals surface area contributed by atoms with Gasteiger partial charge in [0.1, 0.15) is 25.9 Å². The predicted octanol–water partition coefficient (Wildman–Crippen LogP) is 14.5. The second kappa shape index (κ2) is 42.9. The molecule has 0 saturated carbocycles. The van der Waals surface area contributed by atoms with Gasteiger partial charge in [-0.2, -0.15) is 0 Å². The molecule has 2 atom stereocenters. The van der Waals surface area contributed by atoms with Crippen molar-refractivity contribution in [2.75, 3.05) is 54.1 Å². The van der Waals surface area contributed by atoms with Gasteiger partial charge >= 0.3 is 13.8 Å². The van der Waals surface area contributed by atoms with Crippen molar-refractivity contribution in [3.05, 3.63) is 60.8 Å². The number of unbranched alkanes of at least 4 members (excludes halogenated alkanes) is 20. The third-order valence-corrected chi connectivity index (χ3v) is 11.1. The van der Waals surface area contributed by atoms with Crippen molar-refractivity contribution in [2.24, 2.45) is 0 Å². The zero-order valence-corrected chi connectivity index (χ0v) is 39.9. The zero-order valence-electron chi connectivity index (χ0n) is 39.0. The van der Waals surface area contributed by atoms with E-state index >= 15 is 0 Å². The molecule has 344 valence electrons. The van der Waals surface area contributed by atoms with Gasteiger partial charge in [0.25, 0.3) is 0 Å². The highest BCUT2D eigenvalue weighted by atomic mass is 31.2. The SMILES string of the molecule is CCCCC/C=C\C/C=C\C/C=C\C/C=C\CCCCO[C@H](COC(=O)CCCCCCCCCCC/C=C\CCCCCCCC)COP(=O)(O)OCC[N+](C)(C)C. The molecule has 0 rings (SSSR count). The summed E-state index contributed by atoms with van der Waals surface area (Å²) in [6.07, 6.45) is 54.2. The first kappa shape index (κ1) is 57.2. The number of quaternary nitrogens is 1. The van der Waals surface area contributed by atoms with Gasteiger partial charge in [0.2, 0.25) is 0 Å². The number of rotatable bonds is 44. The molecule has 1 N–H and O–H groups in total. The van der Waals surface area contributed by atoms with E-state index in [0.717, 1.165) is 57.8 Å². The van der Waals surface area contributed by atoms with E-state index in [0.29, 0.717) is 24.1 Å². The molecule has 0 heterocycles. The lowest BCUT2D eigenvalue weighted by molar-refractivity contribution is -0.870. The molecular weight excluding hydrogens is 758 g/mol. The standard InChI is InChI=1S/C50H92NO7P/c1-6-8-10-12-14-16-18-20-22-24-26-27-29-31-33-35-37-39-41-43-50(52)56-47-49(48-58-59(53,54)57-46-44-51(3,4)5)55-45-42-40-38-36-34-32-30-28-25-23-21-19-17-15-13-11-9-7-2/h15,17,20-23,28,30,34,36,49H,6-14,16,18-19,24-27,29,31-33,35,37-48H2,1-5H3/p+1/b17-15-,22-20-,23-21-,30-28-,36-34-/t49-/m1/s1. The van der Waals surface area contributed by atoms with Crippen molar-refractivity contribution < 1.29 is 37.3 Å². The molecule has 0 aromatic heterocycles. The molecule has 0 spiro atoms. The smallest absolute Gasteiger partial charge is 0.463 e. The summed E-state index contributed by atoms with van der Waals surface area (Å²) in [6.45, 7) is 5.37. The van der Waals surface area contributed by atoms with Crippen molar-refractivity contribution in [3.8, 4) is 0 Å². The average Bonchev–Trinajstić information content (AvgIpc) is 3.19. The van der Waals surface area contributed by atoms with E-state index < -0.39 is 13.9 Å². The Kier molecular flexibility index (Phi) is 41.6. The molecular formula is C50H93NO7P+. The van der Waals surface area contributed by atoms with E-state index in [9.17, 15) is 14.3 Å². The van der Waals surface area contributed by atoms with E-state index in [1.54, 1.807) is 0 Å². The van der Waals surface area contributed by atoms with Gasteiger partial charge in [-0.15, -0.1) is 0 Å². The van der Waals surface area contributed by atoms with Crippen LogP contribution in [0.1, 0.15) is 194 Å². The van der Waals surface area contributed by atoms with E-state index in [1.807, 2.05) is 21.1 Å². The summed E-state index contributed by atoms with van der Waals surface area (Å²) in [4.78, 5) is 22.8. The second-order valence-corrected chi connectivity index (χ2v) is 18.6. The molecule has 0 saturated heterocycles. The molecule has 0 aromatic rings. The van der Waals surface area contributed by atoms with Crippen molar-refractivity contribution in [2.45, 2.75) is 200 Å². The summed E-state index contributed by atoms with van der Waals surface area (Å²) in [6, 6.07) is 0. The lowest BCUT2D eigenvalue weighted by Crippen LogP contribution is -2.37. The lowest BCUT2D eigenvalue weighted by Gasteiger charge is -2.24. The highest BCUT2D eigenvalue weighted by Crippen LogP contribution is 2.43. The first-order valence-electron chi connectivity index (χ1n) is 24.0. The van der Waals surface area contributed by atoms with Gasteiger partial charge in [-0.1, -0.05) is 164 Å². The van der Waals surface area contributed by atoms with Gasteiger partial charge < -0.3 is 18.9 Å². The Labute approximate surface area is 364 Å². The molecule has 0 aromatic carbocycles. The Bertz CT molecular complexity index is 1130. The van der Waals surface area contributed by atoms with Crippen molar-refractivity contribution in [1.82, 2.24) is 0 Å². The van der Waals surface area contributed by atoms with E-state index in [2.05, 4.69) is 74.6 Å². The number of hydrogen-bond donors (Lipinski definition) is 1. The third kappa shape index (κ3) is 47.1. The lowest BCUT2D eigenvalue weighted by atomic mass is 10.1. The van der Waals surface area contributed by atoms with Crippen LogP contribution < -0.4 is 0 Å². The first-order chi connectivity index (χ1) is 28.6. The summed E-state index contributed by atoms with van der Waals surface area (Å²) < 4.78 is 35.1. The molecule has 0 amide bonds. The molecule has 0 aliphatic rings. The Morgan fingerprint density at radius 3 is 1.44 bits per heavy atom. The average molecular weight is 851 g/mol. The van der Waals surface area contributed by atoms with Crippen LogP contribution in [0.5, 0.6) is 0 Å². The number of phosphoric ester groups is 1. The summed E-state index contributed by atoms with van der Waals surface area (Å²) in [5.74, 6) is -0.272. The number of likely N-dealkylation sites (N-methyl/N-ethyl adjacent to an activating group) is 1. The molecule has 0 fully saturated rings. The molecule has 9 heteroatoms. The number of hydrogen-bond acceptors (Lipinski definition) is 6. The zero-order chi connectivity index (χ0) is 43.4. The van der Waals surface area contributed by atoms with Crippen molar-refractivity contribution >= 4 is 13.8 Å². The maximum absolute atomic E-state index is 12.5. The summed E-state index contributed by atoms with van der Waals surface area (Å²) in [5.41, 5.74) is 0. The van der Waals surface area contributed by atoms with Crippen LogP contribution >= 0.6 is 7.82 Å². The summed E-state index contributed by atoms with van der Waals surface area (Å²) in [5, 5.41) is 0. The van der Waals surface area contributed by atoms with Gasteiger partial charge in [-0.25, -0.2) is 4.57 Å². The maximum atomic E-state index is 12.5. The van der Waals surface area contributed by atoms with Crippen molar-refractivity contribution in [1.29, 1.82) is 0 Å². The highest BCUT2D eigenvalue weighted by Gasteiger charge is 2.25. The molecule has 59 heavy (non-hydrogen) atoms. The predicted molar refractivity (Wildman–Crippen MR) is 252 cm³/mol. The van der Waals surface area contributed by atoms with E-state index in [-0.39, 0.29) is 25.8 Å². The Morgan fingerprint density at radius 1 is 0.525 bits per heavy atom. The molecule has 0 radical (unpaired) electrons. The van der Waals surface area contributed by atoms with Gasteiger partial charge in [-0.05, 0) is 83.5 Å². The number of carbonyl (C=O) groups is 1. The van der Waals surface area contributed by atoms with Gasteiger partial charge in [0.05, 0.1) is 27.7 Å². The van der Waals surface area contributed by atoms with E-state index in [1.165, 1.54) is 116 Å². The second-order valence-electron chi connectivity index (χ2n) is 17.1. The van der Waals surface area contributed by atoms with Crippen LogP contribution in [0.2, 0.25) is 0 Å². The monoisotopic (exact) mass is 851 g/mol. The molecule has 0 bridgehead atoms. The number of carbonyl (C=O) groups excluding carboxylic acids is 1. The quantitative estimate of drug-likeness (QED) is 0.0215. The number of esters is 1. The number of allylic oxidation sites excluding steroid dienone is 10. The Balaban J connectivity index is 4.26. The van der Waals surface area contributed by atoms with Crippen LogP contribution in [-0.2, 0) is 27.9 Å². The van der Waals surface area contributed by atoms with Crippen LogP contribution in [0.4, 0.5) is 0 Å². The molecule has 0 aliphatic heterocycles. The maximum Gasteiger partial charge on any atom is 0.472 e. The Hall–Kier alpha value is -1.80. The Morgan fingerprint density at radius 2 is 0.932 bits per heavy atom. The highest BCUT2D eigenvalue weighted by molar-refractivity contribution is 7.47. The summed E-state index contributed by atoms with van der Waals surface area (Å²) in [7, 11) is 1.68. The van der Waals surface area contributed by atoms with Crippen molar-refractivity contribution in [3.63, 3.8) is 0 Å². The van der Waals surface area contributed by atoms with Gasteiger partial charge in [-0.3, -0.25) is 13.8 Å². The fraction of sp³-hybridized carbons (Fsp3) is 0.780. The fourth-order valence-electron chi connectivity index (χ4n) is 6.27. The molecule has 0 aliphatic carbocycles. The van der Waals surface area contributed by atoms with Gasteiger partial charge in [0, 0.05) is 13.0 Å². The first-order valence-corrected chi connectivity index (χ1v) is 25.5. The minimum absolute atomic E-state index is 0.0240. The van der Waals surface area contributed by atoms with Crippen LogP contribution in [0.3, 0.4) is 0 Å². The van der Waals surface area contributed by atoms with Crippen LogP contribution in [0.15, 0.2) is 60.8 Å². The van der Waals surface area contributed by atoms with Crippen LogP contribution in [0, 0.1) is 0 Å².